The topological polar surface area (TPSA) is 99.4 Å². The van der Waals surface area contributed by atoms with E-state index in [1.807, 2.05) is 24.3 Å². The predicted molar refractivity (Wildman–Crippen MR) is 112 cm³/mol. The molecule has 4 rings (SSSR count). The SMILES string of the molecule is COCCn1nnnc1[C@@H](c1cc2ccc(OC)cc2[nH]c1=O)[NH+]1CCC(C)CC1. The lowest BCUT2D eigenvalue weighted by Gasteiger charge is -2.33. The van der Waals surface area contributed by atoms with Crippen LogP contribution in [0.2, 0.25) is 0 Å². The standard InChI is InChI=1S/C21H28N6O3/c1-14-6-8-26(9-7-14)19(20-23-24-25-27(20)10-11-29-2)17-12-15-4-5-16(30-3)13-18(15)22-21(17)28/h4-5,12-14,19H,6-11H2,1-3H3,(H,22,28)/p+1/t19-/m1/s1. The molecule has 9 heteroatoms. The number of nitrogens with zero attached hydrogens (tertiary/aromatic N) is 4. The summed E-state index contributed by atoms with van der Waals surface area (Å²) < 4.78 is 12.3. The van der Waals surface area contributed by atoms with E-state index < -0.39 is 0 Å². The Hall–Kier alpha value is -2.78. The van der Waals surface area contributed by atoms with Crippen LogP contribution in [0.15, 0.2) is 29.1 Å². The number of fused-ring (bicyclic) bond motifs is 1. The fourth-order valence-corrected chi connectivity index (χ4v) is 4.26. The molecule has 160 valence electrons. The van der Waals surface area contributed by atoms with Crippen LogP contribution in [-0.2, 0) is 11.3 Å². The van der Waals surface area contributed by atoms with Crippen molar-refractivity contribution in [2.75, 3.05) is 33.9 Å². The Morgan fingerprint density at radius 1 is 1.27 bits per heavy atom. The second-order valence-corrected chi connectivity index (χ2v) is 8.03. The lowest BCUT2D eigenvalue weighted by Crippen LogP contribution is -3.13. The van der Waals surface area contributed by atoms with E-state index in [1.165, 1.54) is 4.90 Å². The van der Waals surface area contributed by atoms with Gasteiger partial charge in [-0.1, -0.05) is 6.92 Å². The molecule has 0 amide bonds. The summed E-state index contributed by atoms with van der Waals surface area (Å²) in [5.74, 6) is 2.11. The summed E-state index contributed by atoms with van der Waals surface area (Å²) in [5.41, 5.74) is 1.32. The summed E-state index contributed by atoms with van der Waals surface area (Å²) >= 11 is 0. The normalized spacial score (nSPS) is 20.4. The van der Waals surface area contributed by atoms with Gasteiger partial charge < -0.3 is 19.4 Å². The van der Waals surface area contributed by atoms with Crippen LogP contribution in [0, 0.1) is 5.92 Å². The number of likely N-dealkylation sites (tertiary alicyclic amines) is 1. The zero-order valence-corrected chi connectivity index (χ0v) is 17.7. The molecule has 0 aliphatic carbocycles. The molecule has 30 heavy (non-hydrogen) atoms. The van der Waals surface area contributed by atoms with Gasteiger partial charge in [0.2, 0.25) is 5.82 Å². The average molecular weight is 414 g/mol. The number of ether oxygens (including phenoxy) is 2. The highest BCUT2D eigenvalue weighted by molar-refractivity contribution is 5.80. The van der Waals surface area contributed by atoms with E-state index in [0.29, 0.717) is 36.2 Å². The number of hydrogen-bond donors (Lipinski definition) is 2. The number of aromatic amines is 1. The van der Waals surface area contributed by atoms with Crippen molar-refractivity contribution in [2.24, 2.45) is 5.92 Å². The number of aromatic nitrogens is 5. The highest BCUT2D eigenvalue weighted by Crippen LogP contribution is 2.22. The molecule has 3 aromatic rings. The molecular formula is C21H29N6O3+. The minimum Gasteiger partial charge on any atom is -0.497 e. The van der Waals surface area contributed by atoms with E-state index >= 15 is 0 Å². The lowest BCUT2D eigenvalue weighted by atomic mass is 9.95. The van der Waals surface area contributed by atoms with E-state index in [0.717, 1.165) is 36.8 Å². The summed E-state index contributed by atoms with van der Waals surface area (Å²) in [6.07, 6.45) is 2.24. The molecule has 2 aromatic heterocycles. The monoisotopic (exact) mass is 413 g/mol. The third-order valence-corrected chi connectivity index (χ3v) is 6.04. The van der Waals surface area contributed by atoms with Crippen molar-refractivity contribution in [3.63, 3.8) is 0 Å². The third-order valence-electron chi connectivity index (χ3n) is 6.04. The van der Waals surface area contributed by atoms with Gasteiger partial charge in [0.1, 0.15) is 5.75 Å². The summed E-state index contributed by atoms with van der Waals surface area (Å²) in [6.45, 7) is 5.28. The molecule has 1 aliphatic rings. The Kier molecular flexibility index (Phi) is 6.10. The second kappa shape index (κ2) is 8.93. The van der Waals surface area contributed by atoms with E-state index in [2.05, 4.69) is 27.4 Å². The Balaban J connectivity index is 1.81. The first-order chi connectivity index (χ1) is 14.6. The molecule has 1 aromatic carbocycles. The summed E-state index contributed by atoms with van der Waals surface area (Å²) in [4.78, 5) is 17.5. The highest BCUT2D eigenvalue weighted by Gasteiger charge is 2.35. The van der Waals surface area contributed by atoms with Crippen LogP contribution in [0.1, 0.15) is 37.2 Å². The molecule has 1 saturated heterocycles. The molecule has 1 aliphatic heterocycles. The van der Waals surface area contributed by atoms with Crippen LogP contribution in [-0.4, -0.2) is 59.1 Å². The minimum atomic E-state index is -0.236. The summed E-state index contributed by atoms with van der Waals surface area (Å²) in [5, 5.41) is 13.4. The van der Waals surface area contributed by atoms with Crippen molar-refractivity contribution in [2.45, 2.75) is 32.4 Å². The van der Waals surface area contributed by atoms with Crippen molar-refractivity contribution in [1.29, 1.82) is 0 Å². The number of H-pyrrole nitrogens is 1. The van der Waals surface area contributed by atoms with Crippen LogP contribution >= 0.6 is 0 Å². The molecule has 1 atom stereocenters. The van der Waals surface area contributed by atoms with Crippen molar-refractivity contribution < 1.29 is 14.4 Å². The first kappa shape index (κ1) is 20.5. The molecule has 0 unspecified atom stereocenters. The first-order valence-corrected chi connectivity index (χ1v) is 10.4. The number of pyridine rings is 1. The first-order valence-electron chi connectivity index (χ1n) is 10.4. The summed E-state index contributed by atoms with van der Waals surface area (Å²) in [7, 11) is 3.27. The Bertz CT molecular complexity index is 1050. The number of tetrazole rings is 1. The molecule has 0 saturated carbocycles. The van der Waals surface area contributed by atoms with Gasteiger partial charge in [0, 0.05) is 13.2 Å². The Morgan fingerprint density at radius 3 is 2.80 bits per heavy atom. The van der Waals surface area contributed by atoms with Crippen molar-refractivity contribution in [3.05, 3.63) is 46.0 Å². The predicted octanol–water partition coefficient (Wildman–Crippen LogP) is 0.574. The van der Waals surface area contributed by atoms with E-state index in [-0.39, 0.29) is 11.6 Å². The number of methoxy groups -OCH3 is 2. The van der Waals surface area contributed by atoms with E-state index in [9.17, 15) is 4.79 Å². The van der Waals surface area contributed by atoms with Crippen molar-refractivity contribution >= 4 is 10.9 Å². The number of piperidine rings is 1. The number of nitrogens with one attached hydrogen (secondary N) is 2. The molecule has 1 fully saturated rings. The molecular weight excluding hydrogens is 384 g/mol. The van der Waals surface area contributed by atoms with Crippen LogP contribution < -0.4 is 15.2 Å². The van der Waals surface area contributed by atoms with Gasteiger partial charge in [0.15, 0.2) is 6.04 Å². The smallest absolute Gasteiger partial charge is 0.258 e. The fraction of sp³-hybridized carbons (Fsp3) is 0.524. The van der Waals surface area contributed by atoms with Crippen LogP contribution in [0.5, 0.6) is 5.75 Å². The molecule has 2 N–H and O–H groups in total. The zero-order chi connectivity index (χ0) is 21.1. The van der Waals surface area contributed by atoms with Crippen LogP contribution in [0.3, 0.4) is 0 Å². The van der Waals surface area contributed by atoms with Crippen molar-refractivity contribution in [3.8, 4) is 5.75 Å². The third kappa shape index (κ3) is 4.08. The van der Waals surface area contributed by atoms with Gasteiger partial charge >= 0.3 is 0 Å². The van der Waals surface area contributed by atoms with Crippen LogP contribution in [0.4, 0.5) is 0 Å². The lowest BCUT2D eigenvalue weighted by molar-refractivity contribution is -0.932. The highest BCUT2D eigenvalue weighted by atomic mass is 16.5. The van der Waals surface area contributed by atoms with E-state index in [1.54, 1.807) is 18.9 Å². The summed E-state index contributed by atoms with van der Waals surface area (Å²) in [6, 6.07) is 7.44. The number of quaternary nitrogens is 1. The largest absolute Gasteiger partial charge is 0.497 e. The van der Waals surface area contributed by atoms with Gasteiger partial charge in [-0.15, -0.1) is 5.10 Å². The van der Waals surface area contributed by atoms with Gasteiger partial charge in [-0.2, -0.15) is 0 Å². The van der Waals surface area contributed by atoms with Gasteiger partial charge in [-0.05, 0) is 52.8 Å². The zero-order valence-electron chi connectivity index (χ0n) is 17.7. The molecule has 0 spiro atoms. The number of rotatable bonds is 7. The number of hydrogen-bond acceptors (Lipinski definition) is 6. The molecule has 0 radical (unpaired) electrons. The quantitative estimate of drug-likeness (QED) is 0.588. The second-order valence-electron chi connectivity index (χ2n) is 8.03. The van der Waals surface area contributed by atoms with Crippen LogP contribution in [0.25, 0.3) is 10.9 Å². The average Bonchev–Trinajstić information content (AvgIpc) is 3.21. The Labute approximate surface area is 175 Å². The molecule has 0 bridgehead atoms. The van der Waals surface area contributed by atoms with Gasteiger partial charge in [-0.25, -0.2) is 4.68 Å². The Morgan fingerprint density at radius 2 is 2.07 bits per heavy atom. The molecule has 3 heterocycles. The number of benzene rings is 1. The van der Waals surface area contributed by atoms with Crippen molar-refractivity contribution in [1.82, 2.24) is 25.2 Å². The minimum absolute atomic E-state index is 0.117. The maximum absolute atomic E-state index is 13.2. The van der Waals surface area contributed by atoms with Gasteiger partial charge in [0.25, 0.3) is 5.56 Å². The molecule has 9 nitrogen and oxygen atoms in total. The maximum Gasteiger partial charge on any atom is 0.258 e. The maximum atomic E-state index is 13.2. The van der Waals surface area contributed by atoms with Gasteiger partial charge in [0.05, 0.1) is 44.4 Å². The fourth-order valence-electron chi connectivity index (χ4n) is 4.26. The van der Waals surface area contributed by atoms with E-state index in [4.69, 9.17) is 9.47 Å². The van der Waals surface area contributed by atoms with Gasteiger partial charge in [-0.3, -0.25) is 4.79 Å².